The molecule has 0 saturated heterocycles. The number of hydroxylamine groups is 2. The lowest BCUT2D eigenvalue weighted by Crippen LogP contribution is -2.53. The monoisotopic (exact) mass is 508 g/mol. The molecular weight excluding hydrogens is 464 g/mol. The molecule has 0 aromatic heterocycles. The number of benzene rings is 1. The normalized spacial score (nSPS) is 20.2. The third kappa shape index (κ3) is 6.77. The molecule has 2 rings (SSSR count). The van der Waals surface area contributed by atoms with Gasteiger partial charge in [-0.05, 0) is 68.0 Å². The van der Waals surface area contributed by atoms with Crippen LogP contribution in [0.25, 0.3) is 0 Å². The van der Waals surface area contributed by atoms with Crippen LogP contribution in [0.4, 0.5) is 5.69 Å². The van der Waals surface area contributed by atoms with Gasteiger partial charge in [0.2, 0.25) is 8.32 Å². The molecule has 34 heavy (non-hydrogen) atoms. The number of carbonyl (C=O) groups is 1. The molecule has 7 nitrogen and oxygen atoms in total. The maximum Gasteiger partial charge on any atom is 0.276 e. The Morgan fingerprint density at radius 3 is 1.97 bits per heavy atom. The molecule has 0 bridgehead atoms. The van der Waals surface area contributed by atoms with Crippen LogP contribution in [0.5, 0.6) is 0 Å². The molecular formula is C25H44N2O5Si2. The Hall–Kier alpha value is -1.56. The van der Waals surface area contributed by atoms with Crippen molar-refractivity contribution in [2.24, 2.45) is 0 Å². The molecule has 0 heterocycles. The van der Waals surface area contributed by atoms with Gasteiger partial charge in [0.05, 0.1) is 11.0 Å². The number of hydrogen-bond acceptors (Lipinski definition) is 5. The van der Waals surface area contributed by atoms with E-state index in [1.165, 1.54) is 12.1 Å². The van der Waals surface area contributed by atoms with Crippen LogP contribution in [0.1, 0.15) is 77.6 Å². The Morgan fingerprint density at radius 2 is 1.50 bits per heavy atom. The van der Waals surface area contributed by atoms with Crippen LogP contribution in [0, 0.1) is 10.1 Å². The molecule has 0 N–H and O–H groups in total. The number of carbonyl (C=O) groups excluding carboxylic acids is 1. The van der Waals surface area contributed by atoms with E-state index < -0.39 is 21.6 Å². The van der Waals surface area contributed by atoms with Crippen molar-refractivity contribution in [3.63, 3.8) is 0 Å². The highest BCUT2D eigenvalue weighted by Gasteiger charge is 2.44. The lowest BCUT2D eigenvalue weighted by Gasteiger charge is -2.45. The van der Waals surface area contributed by atoms with E-state index in [9.17, 15) is 14.9 Å². The first-order valence-electron chi connectivity index (χ1n) is 12.3. The van der Waals surface area contributed by atoms with Gasteiger partial charge >= 0.3 is 0 Å². The van der Waals surface area contributed by atoms with Crippen LogP contribution < -0.4 is 0 Å². The van der Waals surface area contributed by atoms with Crippen molar-refractivity contribution in [3.05, 3.63) is 39.9 Å². The lowest BCUT2D eigenvalue weighted by atomic mass is 9.92. The van der Waals surface area contributed by atoms with Crippen molar-refractivity contribution in [2.45, 2.75) is 116 Å². The Bertz CT molecular complexity index is 882. The Kier molecular flexibility index (Phi) is 8.61. The molecule has 0 spiro atoms. The largest absolute Gasteiger partial charge is 0.414 e. The van der Waals surface area contributed by atoms with E-state index in [-0.39, 0.29) is 39.4 Å². The van der Waals surface area contributed by atoms with E-state index in [1.807, 2.05) is 0 Å². The lowest BCUT2D eigenvalue weighted by molar-refractivity contribution is -0.384. The summed E-state index contributed by atoms with van der Waals surface area (Å²) in [5.41, 5.74) is 0.192. The summed E-state index contributed by atoms with van der Waals surface area (Å²) in [5.74, 6) is -0.303. The summed E-state index contributed by atoms with van der Waals surface area (Å²) < 4.78 is 13.2. The van der Waals surface area contributed by atoms with Gasteiger partial charge in [0, 0.05) is 23.8 Å². The second kappa shape index (κ2) is 10.2. The van der Waals surface area contributed by atoms with Crippen molar-refractivity contribution < 1.29 is 18.7 Å². The number of hydrogen-bond donors (Lipinski definition) is 0. The van der Waals surface area contributed by atoms with Gasteiger partial charge in [-0.2, -0.15) is 0 Å². The van der Waals surface area contributed by atoms with E-state index in [0.717, 1.165) is 25.7 Å². The van der Waals surface area contributed by atoms with Crippen LogP contribution in [-0.4, -0.2) is 44.7 Å². The quantitative estimate of drug-likeness (QED) is 0.219. The molecule has 1 aliphatic carbocycles. The van der Waals surface area contributed by atoms with Gasteiger partial charge in [-0.1, -0.05) is 47.6 Å². The summed E-state index contributed by atoms with van der Waals surface area (Å²) in [6.45, 7) is 21.9. The van der Waals surface area contributed by atoms with E-state index in [0.29, 0.717) is 0 Å². The van der Waals surface area contributed by atoms with Crippen molar-refractivity contribution in [1.29, 1.82) is 0 Å². The van der Waals surface area contributed by atoms with Gasteiger partial charge < -0.3 is 8.95 Å². The zero-order chi connectivity index (χ0) is 26.1. The zero-order valence-electron chi connectivity index (χ0n) is 22.7. The standard InChI is InChI=1S/C25H44N2O5Si2/c1-24(2,3)33(7,8)31-22-16-14-20(15-17-22)26(32-34(9,10)25(4,5)6)23(28)19-12-11-13-21(18-19)27(29)30/h11-13,18,20,22H,14-17H2,1-10H3. The predicted octanol–water partition coefficient (Wildman–Crippen LogP) is 7.31. The van der Waals surface area contributed by atoms with Crippen LogP contribution in [0.3, 0.4) is 0 Å². The molecule has 1 aromatic rings. The molecule has 1 fully saturated rings. The molecule has 1 aromatic carbocycles. The van der Waals surface area contributed by atoms with Crippen molar-refractivity contribution in [2.75, 3.05) is 0 Å². The fourth-order valence-electron chi connectivity index (χ4n) is 3.54. The topological polar surface area (TPSA) is 81.9 Å². The molecule has 1 saturated carbocycles. The van der Waals surface area contributed by atoms with Crippen LogP contribution in [0.2, 0.25) is 36.3 Å². The Morgan fingerprint density at radius 1 is 0.971 bits per heavy atom. The summed E-state index contributed by atoms with van der Waals surface area (Å²) >= 11 is 0. The highest BCUT2D eigenvalue weighted by atomic mass is 28.4. The second-order valence-electron chi connectivity index (χ2n) is 12.6. The van der Waals surface area contributed by atoms with Gasteiger partial charge in [-0.3, -0.25) is 14.9 Å². The maximum absolute atomic E-state index is 13.6. The Labute approximate surface area is 207 Å². The van der Waals surface area contributed by atoms with Gasteiger partial charge in [0.1, 0.15) is 0 Å². The number of nitro groups is 1. The summed E-state index contributed by atoms with van der Waals surface area (Å²) in [7, 11) is -4.18. The van der Waals surface area contributed by atoms with Crippen LogP contribution in [0.15, 0.2) is 24.3 Å². The van der Waals surface area contributed by atoms with E-state index in [1.54, 1.807) is 17.2 Å². The van der Waals surface area contributed by atoms with E-state index in [2.05, 4.69) is 67.7 Å². The third-order valence-electron chi connectivity index (χ3n) is 7.88. The zero-order valence-corrected chi connectivity index (χ0v) is 24.7. The average Bonchev–Trinajstić information content (AvgIpc) is 2.70. The molecule has 0 radical (unpaired) electrons. The SMILES string of the molecule is CC(C)(C)[Si](C)(C)OC1CCC(N(O[Si](C)(C)C(C)(C)C)C(=O)c2cccc([N+](=O)[O-])c2)CC1. The molecule has 1 aliphatic rings. The first kappa shape index (κ1) is 28.7. The number of non-ortho nitro benzene ring substituents is 1. The molecule has 0 unspecified atom stereocenters. The number of amides is 1. The van der Waals surface area contributed by atoms with Crippen molar-refractivity contribution in [3.8, 4) is 0 Å². The number of nitrogens with zero attached hydrogens (tertiary/aromatic N) is 2. The molecule has 192 valence electrons. The summed E-state index contributed by atoms with van der Waals surface area (Å²) in [5, 5.41) is 12.9. The van der Waals surface area contributed by atoms with Gasteiger partial charge in [0.15, 0.2) is 8.32 Å². The molecule has 9 heteroatoms. The van der Waals surface area contributed by atoms with Gasteiger partial charge in [-0.25, -0.2) is 5.06 Å². The molecule has 1 amide bonds. The third-order valence-corrected chi connectivity index (χ3v) is 16.7. The summed E-state index contributed by atoms with van der Waals surface area (Å²) in [6, 6.07) is 5.85. The van der Waals surface area contributed by atoms with Crippen LogP contribution in [-0.2, 0) is 8.95 Å². The highest BCUT2D eigenvalue weighted by Crippen LogP contribution is 2.41. The van der Waals surface area contributed by atoms with E-state index in [4.69, 9.17) is 8.95 Å². The minimum absolute atomic E-state index is 0.0832. The van der Waals surface area contributed by atoms with Crippen LogP contribution >= 0.6 is 0 Å². The average molecular weight is 509 g/mol. The minimum atomic E-state index is -2.32. The Balaban J connectivity index is 2.27. The molecule has 0 aliphatic heterocycles. The van der Waals surface area contributed by atoms with Gasteiger partial charge in [0.25, 0.3) is 11.6 Å². The first-order chi connectivity index (χ1) is 15.4. The predicted molar refractivity (Wildman–Crippen MR) is 142 cm³/mol. The van der Waals surface area contributed by atoms with E-state index >= 15 is 0 Å². The fourth-order valence-corrected chi connectivity index (χ4v) is 5.96. The minimum Gasteiger partial charge on any atom is -0.414 e. The second-order valence-corrected chi connectivity index (χ2v) is 22.1. The first-order valence-corrected chi connectivity index (χ1v) is 18.1. The highest BCUT2D eigenvalue weighted by molar-refractivity contribution is 6.74. The smallest absolute Gasteiger partial charge is 0.276 e. The molecule has 0 atom stereocenters. The maximum atomic E-state index is 13.6. The fraction of sp³-hybridized carbons (Fsp3) is 0.720. The summed E-state index contributed by atoms with van der Waals surface area (Å²) in [6.07, 6.45) is 3.51. The summed E-state index contributed by atoms with van der Waals surface area (Å²) in [4.78, 5) is 24.4. The number of rotatable bonds is 7. The van der Waals surface area contributed by atoms with Crippen molar-refractivity contribution in [1.82, 2.24) is 5.06 Å². The number of nitro benzene ring substituents is 1. The van der Waals surface area contributed by atoms with Gasteiger partial charge in [-0.15, -0.1) is 0 Å². The van der Waals surface area contributed by atoms with Crippen molar-refractivity contribution >= 4 is 28.2 Å².